The third-order valence-electron chi connectivity index (χ3n) is 19.8. The molecular weight excluding hydrogens is 1300 g/mol. The van der Waals surface area contributed by atoms with Gasteiger partial charge in [-0.2, -0.15) is 26.3 Å². The Balaban J connectivity index is 0.000000132. The molecule has 0 aliphatic carbocycles. The first-order valence-electron chi connectivity index (χ1n) is 32.1. The van der Waals surface area contributed by atoms with Crippen LogP contribution in [0.1, 0.15) is 120 Å². The molecule has 0 saturated carbocycles. The van der Waals surface area contributed by atoms with Crippen molar-refractivity contribution in [3.8, 4) is 50.5 Å². The Bertz CT molecular complexity index is 4390. The molecule has 3 aromatic heterocycles. The van der Waals surface area contributed by atoms with Crippen molar-refractivity contribution < 1.29 is 63.8 Å². The maximum Gasteiger partial charge on any atom is 0.416 e. The molecule has 3 saturated heterocycles. The molecule has 6 aromatic carbocycles. The van der Waals surface area contributed by atoms with E-state index in [0.717, 1.165) is 114 Å². The standard InChI is InChI=1S/C25H22ClF3N2O3.C25H24F3N3O2S.C24H24N2O3/c26-19-3-2-16(25(27,28)29)12-17(19)20-5-6-22(34-20)23(32)31-9-7-24(8-10-31)14-33-21-4-1-15(13-30)11-18(21)24;1-15-21(34-22(30-15)17-3-5-18(6-4-17)25(26,27)28)23(32)31-10-8-24(9-11-31)14-33-20-7-2-16(13-29)12-19(20)24;25-15-17-6-7-21-19(14-17)24(16-28-21)10-12-26(13-11-24)23(27)22-9-8-20(29-22)18-4-2-1-3-5-18/h1-6,11-12H,7-10,13-14,30H2;2-7,12H,8-11,13-14,29H2,1H3;1-9,14H,10-13,15-16,25H2. The van der Waals surface area contributed by atoms with Gasteiger partial charge in [0.1, 0.15) is 38.7 Å². The van der Waals surface area contributed by atoms with Crippen LogP contribution in [0.3, 0.4) is 0 Å². The fraction of sp³-hybridized carbons (Fsp3) is 0.324. The van der Waals surface area contributed by atoms with E-state index < -0.39 is 23.5 Å². The summed E-state index contributed by atoms with van der Waals surface area (Å²) in [6, 6.07) is 42.6. The highest BCUT2D eigenvalue weighted by Gasteiger charge is 2.47. The van der Waals surface area contributed by atoms with E-state index in [9.17, 15) is 40.7 Å². The molecule has 6 N–H and O–H groups in total. The van der Waals surface area contributed by atoms with E-state index in [4.69, 9.17) is 51.8 Å². The van der Waals surface area contributed by atoms with Gasteiger partial charge in [-0.1, -0.05) is 90.5 Å². The van der Waals surface area contributed by atoms with E-state index >= 15 is 0 Å². The van der Waals surface area contributed by atoms with Crippen molar-refractivity contribution >= 4 is 40.7 Å². The molecule has 504 valence electrons. The number of furan rings is 2. The number of aryl methyl sites for hydroxylation is 1. The van der Waals surface area contributed by atoms with Crippen LogP contribution in [0.2, 0.25) is 5.02 Å². The number of halogens is 7. The van der Waals surface area contributed by atoms with Crippen LogP contribution in [0.4, 0.5) is 26.3 Å². The van der Waals surface area contributed by atoms with Crippen molar-refractivity contribution in [2.75, 3.05) is 59.1 Å². The molecule has 0 bridgehead atoms. The maximum absolute atomic E-state index is 13.3. The van der Waals surface area contributed by atoms with E-state index in [1.807, 2.05) is 82.6 Å². The number of fused-ring (bicyclic) bond motifs is 6. The first-order valence-corrected chi connectivity index (χ1v) is 33.3. The Hall–Kier alpha value is -8.93. The third kappa shape index (κ3) is 13.4. The number of alkyl halides is 6. The smallest absolute Gasteiger partial charge is 0.416 e. The Morgan fingerprint density at radius 1 is 0.495 bits per heavy atom. The van der Waals surface area contributed by atoms with Crippen LogP contribution >= 0.6 is 22.9 Å². The number of ether oxygens (including phenoxy) is 3. The molecule has 6 aliphatic rings. The van der Waals surface area contributed by atoms with Crippen LogP contribution in [0.5, 0.6) is 17.2 Å². The summed E-state index contributed by atoms with van der Waals surface area (Å²) < 4.78 is 107. The number of carbonyl (C=O) groups excluding carboxylic acids is 3. The number of nitrogens with two attached hydrogens (primary N) is 3. The molecule has 3 fully saturated rings. The van der Waals surface area contributed by atoms with Gasteiger partial charge in [-0.15, -0.1) is 11.3 Å². The predicted octanol–water partition coefficient (Wildman–Crippen LogP) is 14.8. The van der Waals surface area contributed by atoms with Crippen molar-refractivity contribution in [3.63, 3.8) is 0 Å². The van der Waals surface area contributed by atoms with Gasteiger partial charge in [-0.05, 0) is 135 Å². The quantitative estimate of drug-likeness (QED) is 0.115. The first-order chi connectivity index (χ1) is 46.6. The highest BCUT2D eigenvalue weighted by Crippen LogP contribution is 2.50. The highest BCUT2D eigenvalue weighted by molar-refractivity contribution is 7.17. The Morgan fingerprint density at radius 2 is 0.907 bits per heavy atom. The average molecular weight is 1370 g/mol. The molecular formula is C74H70ClF6N7O8S. The van der Waals surface area contributed by atoms with Gasteiger partial charge in [0.15, 0.2) is 11.5 Å². The minimum Gasteiger partial charge on any atom is -0.492 e. The second-order valence-corrected chi connectivity index (χ2v) is 27.0. The molecule has 15 nitrogen and oxygen atoms in total. The zero-order valence-corrected chi connectivity index (χ0v) is 54.6. The van der Waals surface area contributed by atoms with Gasteiger partial charge in [0.2, 0.25) is 0 Å². The molecule has 3 spiro atoms. The van der Waals surface area contributed by atoms with Crippen molar-refractivity contribution in [1.82, 2.24) is 19.7 Å². The topological polar surface area (TPSA) is 206 Å². The summed E-state index contributed by atoms with van der Waals surface area (Å²) in [7, 11) is 0. The normalized spacial score (nSPS) is 17.1. The van der Waals surface area contributed by atoms with Gasteiger partial charge in [-0.25, -0.2) is 4.98 Å². The van der Waals surface area contributed by atoms with Gasteiger partial charge in [0, 0.05) is 109 Å². The van der Waals surface area contributed by atoms with Crippen molar-refractivity contribution in [2.24, 2.45) is 17.2 Å². The fourth-order valence-corrected chi connectivity index (χ4v) is 15.2. The van der Waals surface area contributed by atoms with Crippen LogP contribution in [0, 0.1) is 6.92 Å². The summed E-state index contributed by atoms with van der Waals surface area (Å²) in [5, 5.41) is 0.647. The zero-order valence-electron chi connectivity index (χ0n) is 53.0. The number of benzene rings is 6. The largest absolute Gasteiger partial charge is 0.492 e. The van der Waals surface area contributed by atoms with Crippen molar-refractivity contribution in [1.29, 1.82) is 0 Å². The molecule has 9 aromatic rings. The number of piperidine rings is 3. The number of nitrogens with zero attached hydrogens (tertiary/aromatic N) is 4. The summed E-state index contributed by atoms with van der Waals surface area (Å²) in [5.74, 6) is 3.58. The summed E-state index contributed by atoms with van der Waals surface area (Å²) in [4.78, 5) is 49.8. The Labute approximate surface area is 565 Å². The number of aromatic nitrogens is 1. The first kappa shape index (κ1) is 66.7. The van der Waals surface area contributed by atoms with Crippen LogP contribution in [-0.4, -0.2) is 96.5 Å². The zero-order chi connectivity index (χ0) is 68.0. The van der Waals surface area contributed by atoms with Gasteiger partial charge < -0.3 is 54.9 Å². The van der Waals surface area contributed by atoms with Crippen LogP contribution < -0.4 is 31.4 Å². The second kappa shape index (κ2) is 26.8. The van der Waals surface area contributed by atoms with Crippen molar-refractivity contribution in [2.45, 2.75) is 93.7 Å². The van der Waals surface area contributed by atoms with E-state index in [1.165, 1.54) is 52.8 Å². The van der Waals surface area contributed by atoms with Crippen LogP contribution in [0.15, 0.2) is 160 Å². The number of hydrogen-bond donors (Lipinski definition) is 3. The lowest BCUT2D eigenvalue weighted by Gasteiger charge is -2.38. The monoisotopic (exact) mass is 1370 g/mol. The molecule has 0 radical (unpaired) electrons. The van der Waals surface area contributed by atoms with Crippen LogP contribution in [-0.2, 0) is 48.2 Å². The molecule has 6 aliphatic heterocycles. The lowest BCUT2D eigenvalue weighted by Crippen LogP contribution is -2.46. The second-order valence-electron chi connectivity index (χ2n) is 25.6. The molecule has 23 heteroatoms. The highest BCUT2D eigenvalue weighted by atomic mass is 35.5. The van der Waals surface area contributed by atoms with Gasteiger partial charge in [0.25, 0.3) is 17.7 Å². The van der Waals surface area contributed by atoms with Gasteiger partial charge in [0.05, 0.1) is 41.7 Å². The van der Waals surface area contributed by atoms with E-state index in [2.05, 4.69) is 23.2 Å². The number of amides is 3. The van der Waals surface area contributed by atoms with Crippen molar-refractivity contribution in [3.05, 3.63) is 223 Å². The van der Waals surface area contributed by atoms with E-state index in [1.54, 1.807) is 17.9 Å². The Morgan fingerprint density at radius 3 is 1.34 bits per heavy atom. The SMILES string of the molecule is Cc1nc(-c2ccc(C(F)(F)F)cc2)sc1C(=O)N1CCC2(CC1)COc1ccc(CN)cc12.NCc1ccc2c(c1)C1(CCN(C(=O)c3ccc(-c4cc(C(F)(F)F)ccc4Cl)o3)CC1)CO2.NCc1ccc2c(c1)C1(CCN(C(=O)c3ccc(-c4ccccc4)o3)CC1)CO2. The predicted molar refractivity (Wildman–Crippen MR) is 356 cm³/mol. The third-order valence-corrected chi connectivity index (χ3v) is 21.3. The fourth-order valence-electron chi connectivity index (χ4n) is 13.9. The lowest BCUT2D eigenvalue weighted by molar-refractivity contribution is -0.138. The summed E-state index contributed by atoms with van der Waals surface area (Å²) >= 11 is 7.33. The minimum absolute atomic E-state index is 0.0182. The number of hydrogen-bond acceptors (Lipinski definition) is 13. The number of carbonyl (C=O) groups is 3. The maximum atomic E-state index is 13.3. The summed E-state index contributed by atoms with van der Waals surface area (Å²) in [6.07, 6.45) is -4.09. The minimum atomic E-state index is -4.51. The molecule has 9 heterocycles. The number of rotatable bonds is 9. The Kier molecular flexibility index (Phi) is 18.4. The molecule has 97 heavy (non-hydrogen) atoms. The molecule has 0 atom stereocenters. The van der Waals surface area contributed by atoms with Crippen LogP contribution in [0.25, 0.3) is 33.2 Å². The molecule has 15 rings (SSSR count). The molecule has 0 unspecified atom stereocenters. The van der Waals surface area contributed by atoms with E-state index in [0.29, 0.717) is 106 Å². The van der Waals surface area contributed by atoms with Gasteiger partial charge >= 0.3 is 12.4 Å². The van der Waals surface area contributed by atoms with E-state index in [-0.39, 0.29) is 56.1 Å². The lowest BCUT2D eigenvalue weighted by atomic mass is 9.74. The average Bonchev–Trinajstić information content (AvgIpc) is 1.65. The summed E-state index contributed by atoms with van der Waals surface area (Å²) in [6.45, 7) is 8.65. The molecule has 3 amide bonds. The van der Waals surface area contributed by atoms with Gasteiger partial charge in [-0.3, -0.25) is 14.4 Å². The summed E-state index contributed by atoms with van der Waals surface area (Å²) in [5.41, 5.74) is 24.6. The number of thiazole rings is 1. The number of likely N-dealkylation sites (tertiary alicyclic amines) is 3.